The largest absolute Gasteiger partial charge is 0.478 e. The van der Waals surface area contributed by atoms with Gasteiger partial charge in [-0.1, -0.05) is 17.7 Å². The van der Waals surface area contributed by atoms with E-state index in [0.29, 0.717) is 10.7 Å². The van der Waals surface area contributed by atoms with Crippen molar-refractivity contribution >= 4 is 34.6 Å². The minimum atomic E-state index is -1.17. The summed E-state index contributed by atoms with van der Waals surface area (Å²) in [5, 5.41) is 23.4. The second-order valence-electron chi connectivity index (χ2n) is 4.33. The molecule has 7 heteroatoms. The number of nitrogens with zero attached hydrogens (tertiary/aromatic N) is 1. The van der Waals surface area contributed by atoms with Gasteiger partial charge in [0.2, 0.25) is 0 Å². The maximum Gasteiger partial charge on any atom is 0.337 e. The van der Waals surface area contributed by atoms with E-state index in [1.807, 2.05) is 0 Å². The van der Waals surface area contributed by atoms with E-state index in [4.69, 9.17) is 16.7 Å². The molecule has 2 aromatic rings. The summed E-state index contributed by atoms with van der Waals surface area (Å²) in [5.41, 5.74) is 1.21. The van der Waals surface area contributed by atoms with Gasteiger partial charge < -0.3 is 10.4 Å². The first-order valence-electron chi connectivity index (χ1n) is 5.94. The number of carbonyl (C=O) groups is 1. The van der Waals surface area contributed by atoms with Crippen LogP contribution in [0, 0.1) is 17.0 Å². The molecule has 0 aliphatic rings. The molecule has 21 heavy (non-hydrogen) atoms. The molecule has 6 nitrogen and oxygen atoms in total. The number of benzene rings is 2. The third-order valence-electron chi connectivity index (χ3n) is 2.98. The van der Waals surface area contributed by atoms with Crippen LogP contribution >= 0.6 is 11.6 Å². The molecule has 0 saturated carbocycles. The third-order valence-corrected chi connectivity index (χ3v) is 3.39. The van der Waals surface area contributed by atoms with E-state index in [0.717, 1.165) is 11.6 Å². The molecule has 0 unspecified atom stereocenters. The number of nitrogens with one attached hydrogen (secondary N) is 1. The molecule has 0 amide bonds. The average Bonchev–Trinajstić information content (AvgIpc) is 2.43. The van der Waals surface area contributed by atoms with E-state index in [-0.39, 0.29) is 16.9 Å². The lowest BCUT2D eigenvalue weighted by Crippen LogP contribution is -2.04. The second-order valence-corrected chi connectivity index (χ2v) is 4.74. The van der Waals surface area contributed by atoms with Gasteiger partial charge in [0.1, 0.15) is 0 Å². The van der Waals surface area contributed by atoms with Crippen LogP contribution in [0.4, 0.5) is 17.1 Å². The molecule has 0 spiro atoms. The second kappa shape index (κ2) is 5.80. The van der Waals surface area contributed by atoms with Crippen LogP contribution in [-0.4, -0.2) is 16.0 Å². The summed E-state index contributed by atoms with van der Waals surface area (Å²) < 4.78 is 0. The Balaban J connectivity index is 2.51. The number of anilines is 2. The molecule has 2 aromatic carbocycles. The first kappa shape index (κ1) is 14.8. The lowest BCUT2D eigenvalue weighted by Gasteiger charge is -2.12. The zero-order valence-electron chi connectivity index (χ0n) is 11.0. The van der Waals surface area contributed by atoms with Crippen LogP contribution in [0.5, 0.6) is 0 Å². The summed E-state index contributed by atoms with van der Waals surface area (Å²) in [6.07, 6.45) is 0. The molecule has 0 aliphatic heterocycles. The Morgan fingerprint density at radius 3 is 2.62 bits per heavy atom. The van der Waals surface area contributed by atoms with Crippen molar-refractivity contribution in [3.63, 3.8) is 0 Å². The van der Waals surface area contributed by atoms with Gasteiger partial charge in [-0.25, -0.2) is 4.79 Å². The monoisotopic (exact) mass is 306 g/mol. The zero-order valence-corrected chi connectivity index (χ0v) is 11.7. The van der Waals surface area contributed by atoms with Crippen molar-refractivity contribution in [2.45, 2.75) is 6.92 Å². The predicted octanol–water partition coefficient (Wildman–Crippen LogP) is 4.00. The quantitative estimate of drug-likeness (QED) is 0.658. The Labute approximate surface area is 125 Å². The fourth-order valence-corrected chi connectivity index (χ4v) is 2.00. The van der Waals surface area contributed by atoms with Crippen molar-refractivity contribution in [1.29, 1.82) is 0 Å². The zero-order chi connectivity index (χ0) is 15.6. The molecule has 0 bridgehead atoms. The Kier molecular flexibility index (Phi) is 4.09. The average molecular weight is 307 g/mol. The summed E-state index contributed by atoms with van der Waals surface area (Å²) in [6.45, 7) is 1.77. The van der Waals surface area contributed by atoms with Crippen LogP contribution in [-0.2, 0) is 0 Å². The molecule has 0 heterocycles. The number of non-ortho nitro benzene ring substituents is 1. The lowest BCUT2D eigenvalue weighted by molar-refractivity contribution is -0.384. The van der Waals surface area contributed by atoms with Crippen LogP contribution in [0.2, 0.25) is 5.02 Å². The fourth-order valence-electron chi connectivity index (χ4n) is 1.82. The maximum atomic E-state index is 11.2. The minimum Gasteiger partial charge on any atom is -0.478 e. The standard InChI is InChI=1S/C14H11ClN2O4/c1-8-11(15)3-2-4-12(8)16-13-7-9(17(20)21)5-6-10(13)14(18)19/h2-7,16H,1H3,(H,18,19). The number of nitro groups is 1. The Bertz CT molecular complexity index is 731. The van der Waals surface area contributed by atoms with E-state index in [1.54, 1.807) is 25.1 Å². The van der Waals surface area contributed by atoms with Gasteiger partial charge in [-0.2, -0.15) is 0 Å². The van der Waals surface area contributed by atoms with Gasteiger partial charge in [0.25, 0.3) is 5.69 Å². The molecule has 0 radical (unpaired) electrons. The van der Waals surface area contributed by atoms with Crippen LogP contribution in [0.1, 0.15) is 15.9 Å². The Morgan fingerprint density at radius 1 is 1.29 bits per heavy atom. The molecular weight excluding hydrogens is 296 g/mol. The number of carboxylic acid groups (broad SMARTS) is 1. The molecule has 108 valence electrons. The van der Waals surface area contributed by atoms with Gasteiger partial charge in [0.05, 0.1) is 16.2 Å². The normalized spacial score (nSPS) is 10.2. The van der Waals surface area contributed by atoms with Crippen molar-refractivity contribution in [2.24, 2.45) is 0 Å². The number of hydrogen-bond donors (Lipinski definition) is 2. The highest BCUT2D eigenvalue weighted by Crippen LogP contribution is 2.30. The number of carboxylic acids is 1. The van der Waals surface area contributed by atoms with Crippen LogP contribution in [0.25, 0.3) is 0 Å². The van der Waals surface area contributed by atoms with Crippen LogP contribution < -0.4 is 5.32 Å². The number of hydrogen-bond acceptors (Lipinski definition) is 4. The highest BCUT2D eigenvalue weighted by Gasteiger charge is 2.16. The van der Waals surface area contributed by atoms with Gasteiger partial charge in [-0.15, -0.1) is 0 Å². The van der Waals surface area contributed by atoms with Crippen molar-refractivity contribution in [3.8, 4) is 0 Å². The first-order valence-corrected chi connectivity index (χ1v) is 6.32. The molecule has 0 fully saturated rings. The van der Waals surface area contributed by atoms with Gasteiger partial charge in [0.15, 0.2) is 0 Å². The smallest absolute Gasteiger partial charge is 0.337 e. The fraction of sp³-hybridized carbons (Fsp3) is 0.0714. The highest BCUT2D eigenvalue weighted by atomic mass is 35.5. The minimum absolute atomic E-state index is 0.0556. The highest BCUT2D eigenvalue weighted by molar-refractivity contribution is 6.31. The Hall–Kier alpha value is -2.60. The molecule has 0 atom stereocenters. The van der Waals surface area contributed by atoms with Crippen LogP contribution in [0.3, 0.4) is 0 Å². The van der Waals surface area contributed by atoms with Gasteiger partial charge >= 0.3 is 5.97 Å². The van der Waals surface area contributed by atoms with Crippen molar-refractivity contribution in [3.05, 3.63) is 62.7 Å². The summed E-state index contributed by atoms with van der Waals surface area (Å²) >= 11 is 6.00. The van der Waals surface area contributed by atoms with E-state index in [2.05, 4.69) is 5.32 Å². The predicted molar refractivity (Wildman–Crippen MR) is 79.5 cm³/mol. The number of aromatic carboxylic acids is 1. The van der Waals surface area contributed by atoms with Gasteiger partial charge in [-0.3, -0.25) is 10.1 Å². The summed E-state index contributed by atoms with van der Waals surface area (Å²) in [4.78, 5) is 21.4. The summed E-state index contributed by atoms with van der Waals surface area (Å²) in [7, 11) is 0. The molecule has 2 N–H and O–H groups in total. The van der Waals surface area contributed by atoms with Gasteiger partial charge in [-0.05, 0) is 30.7 Å². The molecule has 0 saturated heterocycles. The van der Waals surface area contributed by atoms with Gasteiger partial charge in [0, 0.05) is 22.8 Å². The van der Waals surface area contributed by atoms with Crippen molar-refractivity contribution in [2.75, 3.05) is 5.32 Å². The summed E-state index contributed by atoms with van der Waals surface area (Å²) in [5.74, 6) is -1.17. The molecular formula is C14H11ClN2O4. The topological polar surface area (TPSA) is 92.5 Å². The summed E-state index contributed by atoms with van der Waals surface area (Å²) in [6, 6.07) is 8.65. The molecule has 0 aromatic heterocycles. The third kappa shape index (κ3) is 3.11. The number of nitro benzene ring substituents is 1. The van der Waals surface area contributed by atoms with Crippen molar-refractivity contribution in [1.82, 2.24) is 0 Å². The van der Waals surface area contributed by atoms with E-state index >= 15 is 0 Å². The number of halogens is 1. The van der Waals surface area contributed by atoms with E-state index in [1.165, 1.54) is 12.1 Å². The van der Waals surface area contributed by atoms with E-state index in [9.17, 15) is 14.9 Å². The maximum absolute atomic E-state index is 11.2. The number of rotatable bonds is 4. The van der Waals surface area contributed by atoms with Crippen LogP contribution in [0.15, 0.2) is 36.4 Å². The lowest BCUT2D eigenvalue weighted by atomic mass is 10.1. The van der Waals surface area contributed by atoms with Crippen molar-refractivity contribution < 1.29 is 14.8 Å². The van der Waals surface area contributed by atoms with E-state index < -0.39 is 10.9 Å². The Morgan fingerprint density at radius 2 is 2.00 bits per heavy atom. The molecule has 2 rings (SSSR count). The molecule has 0 aliphatic carbocycles. The first-order chi connectivity index (χ1) is 9.90. The SMILES string of the molecule is Cc1c(Cl)cccc1Nc1cc([N+](=O)[O-])ccc1C(=O)O.